The van der Waals surface area contributed by atoms with Crippen LogP contribution in [0, 0.1) is 6.92 Å². The van der Waals surface area contributed by atoms with Crippen molar-refractivity contribution in [1.82, 2.24) is 15.2 Å². The minimum Gasteiger partial charge on any atom is -0.497 e. The van der Waals surface area contributed by atoms with Crippen LogP contribution in [-0.2, 0) is 0 Å². The minimum atomic E-state index is 0.427. The summed E-state index contributed by atoms with van der Waals surface area (Å²) in [5.41, 5.74) is 0.976. The normalized spacial score (nSPS) is 10.8. The zero-order valence-corrected chi connectivity index (χ0v) is 11.8. The molecule has 0 spiro atoms. The quantitative estimate of drug-likeness (QED) is 0.722. The van der Waals surface area contributed by atoms with Crippen molar-refractivity contribution in [2.75, 3.05) is 12.4 Å². The Morgan fingerprint density at radius 3 is 2.75 bits per heavy atom. The van der Waals surface area contributed by atoms with E-state index in [0.717, 1.165) is 22.2 Å². The highest BCUT2D eigenvalue weighted by molar-refractivity contribution is 6.34. The van der Waals surface area contributed by atoms with Gasteiger partial charge in [0.1, 0.15) is 16.7 Å². The van der Waals surface area contributed by atoms with Crippen molar-refractivity contribution in [2.24, 2.45) is 0 Å². The second-order valence-corrected chi connectivity index (χ2v) is 4.80. The van der Waals surface area contributed by atoms with Gasteiger partial charge in [0, 0.05) is 17.1 Å². The Bertz CT molecular complexity index is 769. The topological polar surface area (TPSA) is 62.8 Å². The lowest BCUT2D eigenvalue weighted by Gasteiger charge is -2.07. The van der Waals surface area contributed by atoms with Crippen LogP contribution in [-0.4, -0.2) is 22.3 Å². The average molecular weight is 289 g/mol. The SMILES string of the molecule is COc1ccc2cc(Nc3cc(C)[nH]n3)nc(Cl)c2c1. The Kier molecular flexibility index (Phi) is 3.20. The third-order valence-electron chi connectivity index (χ3n) is 2.96. The van der Waals surface area contributed by atoms with Crippen LogP contribution in [0.15, 0.2) is 30.3 Å². The van der Waals surface area contributed by atoms with Crippen LogP contribution in [0.4, 0.5) is 11.6 Å². The molecule has 0 aliphatic rings. The average Bonchev–Trinajstić information content (AvgIpc) is 2.84. The van der Waals surface area contributed by atoms with Crippen LogP contribution in [0.1, 0.15) is 5.69 Å². The number of anilines is 2. The molecule has 2 aromatic heterocycles. The van der Waals surface area contributed by atoms with Crippen molar-refractivity contribution in [3.8, 4) is 5.75 Å². The number of hydrogen-bond acceptors (Lipinski definition) is 4. The van der Waals surface area contributed by atoms with Crippen molar-refractivity contribution < 1.29 is 4.74 Å². The second-order valence-electron chi connectivity index (χ2n) is 4.45. The van der Waals surface area contributed by atoms with Gasteiger partial charge in [-0.3, -0.25) is 5.10 Å². The highest BCUT2D eigenvalue weighted by atomic mass is 35.5. The molecule has 0 unspecified atom stereocenters. The fraction of sp³-hybridized carbons (Fsp3) is 0.143. The molecule has 0 fully saturated rings. The maximum atomic E-state index is 6.23. The number of fused-ring (bicyclic) bond motifs is 1. The van der Waals surface area contributed by atoms with Gasteiger partial charge in [0.05, 0.1) is 7.11 Å². The highest BCUT2D eigenvalue weighted by Gasteiger charge is 2.07. The van der Waals surface area contributed by atoms with Gasteiger partial charge in [0.15, 0.2) is 5.82 Å². The van der Waals surface area contributed by atoms with Gasteiger partial charge in [-0.2, -0.15) is 5.10 Å². The molecule has 0 atom stereocenters. The summed E-state index contributed by atoms with van der Waals surface area (Å²) >= 11 is 6.23. The van der Waals surface area contributed by atoms with Crippen molar-refractivity contribution in [1.29, 1.82) is 0 Å². The number of hydrogen-bond donors (Lipinski definition) is 2. The number of aromatic amines is 1. The summed E-state index contributed by atoms with van der Waals surface area (Å²) in [7, 11) is 1.62. The van der Waals surface area contributed by atoms with Crippen LogP contribution in [0.25, 0.3) is 10.8 Å². The molecule has 102 valence electrons. The van der Waals surface area contributed by atoms with Crippen molar-refractivity contribution in [3.63, 3.8) is 0 Å². The summed E-state index contributed by atoms with van der Waals surface area (Å²) < 4.78 is 5.19. The first-order valence-electron chi connectivity index (χ1n) is 6.09. The number of nitrogens with one attached hydrogen (secondary N) is 2. The van der Waals surface area contributed by atoms with E-state index in [9.17, 15) is 0 Å². The maximum absolute atomic E-state index is 6.23. The Hall–Kier alpha value is -2.27. The molecular weight excluding hydrogens is 276 g/mol. The standard InChI is InChI=1S/C14H13ClN4O/c1-8-5-13(19-18-8)16-12-6-9-3-4-10(20-2)7-11(9)14(15)17-12/h3-7H,1-2H3,(H2,16,17,18,19). The smallest absolute Gasteiger partial charge is 0.153 e. The van der Waals surface area contributed by atoms with E-state index in [-0.39, 0.29) is 0 Å². The molecule has 0 aliphatic carbocycles. The zero-order valence-electron chi connectivity index (χ0n) is 11.1. The molecule has 5 nitrogen and oxygen atoms in total. The van der Waals surface area contributed by atoms with Gasteiger partial charge in [-0.1, -0.05) is 17.7 Å². The molecular formula is C14H13ClN4O. The number of H-pyrrole nitrogens is 1. The molecule has 0 aliphatic heterocycles. The monoisotopic (exact) mass is 288 g/mol. The van der Waals surface area contributed by atoms with Gasteiger partial charge >= 0.3 is 0 Å². The van der Waals surface area contributed by atoms with Crippen molar-refractivity contribution >= 4 is 34.0 Å². The highest BCUT2D eigenvalue weighted by Crippen LogP contribution is 2.29. The van der Waals surface area contributed by atoms with Crippen LogP contribution in [0.3, 0.4) is 0 Å². The number of halogens is 1. The molecule has 0 radical (unpaired) electrons. The number of nitrogens with zero attached hydrogens (tertiary/aromatic N) is 2. The van der Waals surface area contributed by atoms with E-state index in [2.05, 4.69) is 20.5 Å². The fourth-order valence-corrected chi connectivity index (χ4v) is 2.24. The summed E-state index contributed by atoms with van der Waals surface area (Å²) in [6.45, 7) is 1.94. The van der Waals surface area contributed by atoms with Crippen LogP contribution in [0.2, 0.25) is 5.15 Å². The van der Waals surface area contributed by atoms with Gasteiger partial charge in [0.25, 0.3) is 0 Å². The summed E-state index contributed by atoms with van der Waals surface area (Å²) in [4.78, 5) is 4.33. The van der Waals surface area contributed by atoms with E-state index in [0.29, 0.717) is 16.8 Å². The molecule has 2 heterocycles. The lowest BCUT2D eigenvalue weighted by molar-refractivity contribution is 0.415. The van der Waals surface area contributed by atoms with Gasteiger partial charge in [0.2, 0.25) is 0 Å². The van der Waals surface area contributed by atoms with E-state index >= 15 is 0 Å². The van der Waals surface area contributed by atoms with Crippen LogP contribution >= 0.6 is 11.6 Å². The molecule has 6 heteroatoms. The largest absolute Gasteiger partial charge is 0.497 e. The van der Waals surface area contributed by atoms with E-state index in [4.69, 9.17) is 16.3 Å². The number of ether oxygens (including phenoxy) is 1. The lowest BCUT2D eigenvalue weighted by Crippen LogP contribution is -1.95. The molecule has 0 saturated carbocycles. The van der Waals surface area contributed by atoms with Gasteiger partial charge in [-0.15, -0.1) is 0 Å². The number of pyridine rings is 1. The van der Waals surface area contributed by atoms with E-state index in [1.165, 1.54) is 0 Å². The van der Waals surface area contributed by atoms with Gasteiger partial charge in [-0.05, 0) is 30.5 Å². The Balaban J connectivity index is 2.01. The summed E-state index contributed by atoms with van der Waals surface area (Å²) in [6.07, 6.45) is 0. The Morgan fingerprint density at radius 1 is 1.20 bits per heavy atom. The fourth-order valence-electron chi connectivity index (χ4n) is 1.99. The molecule has 0 bridgehead atoms. The predicted octanol–water partition coefficient (Wildman–Crippen LogP) is 3.67. The number of aryl methyl sites for hydroxylation is 1. The molecule has 3 rings (SSSR count). The Labute approximate surface area is 120 Å². The van der Waals surface area contributed by atoms with Gasteiger partial charge in [-0.25, -0.2) is 4.98 Å². The van der Waals surface area contributed by atoms with Crippen molar-refractivity contribution in [2.45, 2.75) is 6.92 Å². The minimum absolute atomic E-state index is 0.427. The summed E-state index contributed by atoms with van der Waals surface area (Å²) in [6, 6.07) is 9.52. The number of aromatic nitrogens is 3. The lowest BCUT2D eigenvalue weighted by atomic mass is 10.1. The van der Waals surface area contributed by atoms with E-state index < -0.39 is 0 Å². The molecule has 0 amide bonds. The third-order valence-corrected chi connectivity index (χ3v) is 3.24. The number of benzene rings is 1. The summed E-state index contributed by atoms with van der Waals surface area (Å²) in [5.74, 6) is 2.11. The maximum Gasteiger partial charge on any atom is 0.153 e. The number of methoxy groups -OCH3 is 1. The Morgan fingerprint density at radius 2 is 2.05 bits per heavy atom. The predicted molar refractivity (Wildman–Crippen MR) is 79.9 cm³/mol. The molecule has 1 aromatic carbocycles. The zero-order chi connectivity index (χ0) is 14.1. The molecule has 2 N–H and O–H groups in total. The molecule has 3 aromatic rings. The molecule has 0 saturated heterocycles. The van der Waals surface area contributed by atoms with E-state index in [1.54, 1.807) is 7.11 Å². The first-order chi connectivity index (χ1) is 9.65. The first kappa shape index (κ1) is 12.7. The molecule has 20 heavy (non-hydrogen) atoms. The van der Waals surface area contributed by atoms with Crippen LogP contribution < -0.4 is 10.1 Å². The third kappa shape index (κ3) is 2.40. The number of rotatable bonds is 3. The second kappa shape index (κ2) is 5.02. The van der Waals surface area contributed by atoms with Gasteiger partial charge < -0.3 is 10.1 Å². The van der Waals surface area contributed by atoms with Crippen molar-refractivity contribution in [3.05, 3.63) is 41.2 Å². The van der Waals surface area contributed by atoms with E-state index in [1.807, 2.05) is 37.3 Å². The first-order valence-corrected chi connectivity index (χ1v) is 6.47. The summed E-state index contributed by atoms with van der Waals surface area (Å²) in [5, 5.41) is 12.4. The van der Waals surface area contributed by atoms with Crippen LogP contribution in [0.5, 0.6) is 5.75 Å².